The highest BCUT2D eigenvalue weighted by Gasteiger charge is 2.32. The maximum Gasteiger partial charge on any atom is 0.338 e. The Hall–Kier alpha value is -3.16. The number of fused-ring (bicyclic) bond motifs is 1. The molecule has 1 aliphatic rings. The van der Waals surface area contributed by atoms with Crippen LogP contribution in [0, 0.1) is 0 Å². The number of nitrogens with zero attached hydrogens (tertiary/aromatic N) is 2. The molecular formula is C22H17ClN2O4S. The normalized spacial score (nSPS) is 16.2. The summed E-state index contributed by atoms with van der Waals surface area (Å²) in [6, 6.07) is 13.4. The number of halogens is 1. The minimum Gasteiger partial charge on any atom is -0.506 e. The number of esters is 1. The molecule has 1 aromatic heterocycles. The van der Waals surface area contributed by atoms with E-state index in [0.717, 1.165) is 5.56 Å². The number of ether oxygens (including phenoxy) is 1. The van der Waals surface area contributed by atoms with E-state index in [2.05, 4.69) is 4.99 Å². The number of aromatic hydroxyl groups is 1. The number of rotatable bonds is 3. The number of allylic oxidation sites excluding steroid dienone is 1. The maximum absolute atomic E-state index is 13.3. The van der Waals surface area contributed by atoms with E-state index in [4.69, 9.17) is 16.3 Å². The van der Waals surface area contributed by atoms with Gasteiger partial charge in [0.2, 0.25) is 0 Å². The number of thiazole rings is 1. The Kier molecular flexibility index (Phi) is 5.32. The molecule has 0 saturated heterocycles. The Bertz CT molecular complexity index is 1360. The standard InChI is InChI=1S/C22H17ClN2O4S/c1-12-18(21(28)29-2)19(14-6-4-3-5-7-14)25-20(27)17(30-22(25)24-12)11-13-8-9-16(26)15(23)10-13/h3-11,19,26H,1-2H3. The topological polar surface area (TPSA) is 80.9 Å². The molecule has 1 unspecified atom stereocenters. The summed E-state index contributed by atoms with van der Waals surface area (Å²) >= 11 is 7.21. The van der Waals surface area contributed by atoms with Gasteiger partial charge in [0, 0.05) is 0 Å². The number of phenolic OH excluding ortho intramolecular Hbond substituents is 1. The first-order valence-electron chi connectivity index (χ1n) is 9.05. The van der Waals surface area contributed by atoms with Crippen LogP contribution in [0.1, 0.15) is 24.1 Å². The smallest absolute Gasteiger partial charge is 0.338 e. The van der Waals surface area contributed by atoms with Gasteiger partial charge in [-0.25, -0.2) is 9.79 Å². The summed E-state index contributed by atoms with van der Waals surface area (Å²) < 4.78 is 6.94. The molecule has 0 amide bonds. The van der Waals surface area contributed by atoms with Gasteiger partial charge < -0.3 is 9.84 Å². The van der Waals surface area contributed by atoms with Crippen molar-refractivity contribution >= 4 is 35.0 Å². The summed E-state index contributed by atoms with van der Waals surface area (Å²) in [6.07, 6.45) is 1.69. The van der Waals surface area contributed by atoms with E-state index in [9.17, 15) is 14.7 Å². The van der Waals surface area contributed by atoms with Crippen molar-refractivity contribution in [3.05, 3.63) is 95.6 Å². The molecule has 4 rings (SSSR count). The molecule has 1 N–H and O–H groups in total. The quantitative estimate of drug-likeness (QED) is 0.635. The van der Waals surface area contributed by atoms with E-state index in [1.54, 1.807) is 25.1 Å². The molecule has 0 fully saturated rings. The molecule has 0 saturated carbocycles. The van der Waals surface area contributed by atoms with Crippen molar-refractivity contribution in [3.63, 3.8) is 0 Å². The predicted octanol–water partition coefficient (Wildman–Crippen LogP) is 2.77. The van der Waals surface area contributed by atoms with Gasteiger partial charge in [0.05, 0.1) is 34.0 Å². The Morgan fingerprint density at radius 1 is 1.27 bits per heavy atom. The van der Waals surface area contributed by atoms with Crippen LogP contribution in [0.4, 0.5) is 0 Å². The van der Waals surface area contributed by atoms with E-state index in [1.165, 1.54) is 29.1 Å². The van der Waals surface area contributed by atoms with Crippen molar-refractivity contribution in [2.45, 2.75) is 13.0 Å². The Labute approximate surface area is 180 Å². The number of carbonyl (C=O) groups is 1. The van der Waals surface area contributed by atoms with E-state index >= 15 is 0 Å². The van der Waals surface area contributed by atoms with Crippen LogP contribution in [-0.2, 0) is 9.53 Å². The molecule has 30 heavy (non-hydrogen) atoms. The first-order chi connectivity index (χ1) is 14.4. The molecule has 2 aromatic carbocycles. The minimum absolute atomic E-state index is 0.0299. The highest BCUT2D eigenvalue weighted by Crippen LogP contribution is 2.30. The van der Waals surface area contributed by atoms with Gasteiger partial charge in [0.15, 0.2) is 4.80 Å². The van der Waals surface area contributed by atoms with Crippen LogP contribution in [0.5, 0.6) is 5.75 Å². The first-order valence-corrected chi connectivity index (χ1v) is 10.2. The molecule has 2 heterocycles. The fourth-order valence-corrected chi connectivity index (χ4v) is 4.64. The second kappa shape index (κ2) is 7.93. The second-order valence-electron chi connectivity index (χ2n) is 6.69. The molecule has 152 valence electrons. The van der Waals surface area contributed by atoms with E-state index in [-0.39, 0.29) is 16.3 Å². The predicted molar refractivity (Wildman–Crippen MR) is 115 cm³/mol. The zero-order chi connectivity index (χ0) is 21.4. The number of benzene rings is 2. The molecule has 1 aliphatic heterocycles. The minimum atomic E-state index is -0.638. The van der Waals surface area contributed by atoms with Crippen LogP contribution in [0.25, 0.3) is 6.08 Å². The second-order valence-corrected chi connectivity index (χ2v) is 8.11. The Morgan fingerprint density at radius 3 is 2.67 bits per heavy atom. The average molecular weight is 441 g/mol. The van der Waals surface area contributed by atoms with Gasteiger partial charge in [0.25, 0.3) is 5.56 Å². The van der Waals surface area contributed by atoms with Gasteiger partial charge in [-0.1, -0.05) is 59.3 Å². The molecular weight excluding hydrogens is 424 g/mol. The fraction of sp³-hybridized carbons (Fsp3) is 0.136. The molecule has 8 heteroatoms. The Balaban J connectivity index is 1.97. The van der Waals surface area contributed by atoms with Crippen molar-refractivity contribution in [1.29, 1.82) is 0 Å². The lowest BCUT2D eigenvalue weighted by Gasteiger charge is -2.24. The van der Waals surface area contributed by atoms with Crippen LogP contribution < -0.4 is 14.9 Å². The van der Waals surface area contributed by atoms with Gasteiger partial charge in [-0.05, 0) is 36.3 Å². The monoisotopic (exact) mass is 440 g/mol. The van der Waals surface area contributed by atoms with Crippen molar-refractivity contribution in [3.8, 4) is 5.75 Å². The van der Waals surface area contributed by atoms with Gasteiger partial charge >= 0.3 is 5.97 Å². The average Bonchev–Trinajstić information content (AvgIpc) is 3.04. The summed E-state index contributed by atoms with van der Waals surface area (Å²) in [4.78, 5) is 30.9. The van der Waals surface area contributed by atoms with Crippen LogP contribution in [0.15, 0.2) is 69.6 Å². The number of carbonyl (C=O) groups excluding carboxylic acids is 1. The lowest BCUT2D eigenvalue weighted by atomic mass is 9.96. The molecule has 0 spiro atoms. The van der Waals surface area contributed by atoms with Crippen molar-refractivity contribution in [2.24, 2.45) is 4.99 Å². The highest BCUT2D eigenvalue weighted by molar-refractivity contribution is 7.07. The summed E-state index contributed by atoms with van der Waals surface area (Å²) in [5, 5.41) is 9.81. The molecule has 0 aliphatic carbocycles. The molecule has 0 radical (unpaired) electrons. The van der Waals surface area contributed by atoms with E-state index < -0.39 is 12.0 Å². The Morgan fingerprint density at radius 2 is 2.00 bits per heavy atom. The largest absolute Gasteiger partial charge is 0.506 e. The number of methoxy groups -OCH3 is 1. The van der Waals surface area contributed by atoms with E-state index in [0.29, 0.717) is 26.2 Å². The first kappa shape index (κ1) is 20.1. The molecule has 1 atom stereocenters. The highest BCUT2D eigenvalue weighted by atomic mass is 35.5. The van der Waals surface area contributed by atoms with Gasteiger partial charge in [-0.15, -0.1) is 0 Å². The lowest BCUT2D eigenvalue weighted by Crippen LogP contribution is -2.39. The zero-order valence-corrected chi connectivity index (χ0v) is 17.7. The van der Waals surface area contributed by atoms with Crippen LogP contribution in [-0.4, -0.2) is 22.8 Å². The lowest BCUT2D eigenvalue weighted by molar-refractivity contribution is -0.136. The molecule has 3 aromatic rings. The van der Waals surface area contributed by atoms with Gasteiger partial charge in [-0.3, -0.25) is 9.36 Å². The SMILES string of the molecule is COC(=O)C1=C(C)N=c2sc(=Cc3ccc(O)c(Cl)c3)c(=O)n2C1c1ccccc1. The van der Waals surface area contributed by atoms with Crippen molar-refractivity contribution in [1.82, 2.24) is 4.57 Å². The van der Waals surface area contributed by atoms with E-state index in [1.807, 2.05) is 30.3 Å². The molecule has 0 bridgehead atoms. The third kappa shape index (κ3) is 3.46. The summed E-state index contributed by atoms with van der Waals surface area (Å²) in [7, 11) is 1.31. The summed E-state index contributed by atoms with van der Waals surface area (Å²) in [5.41, 5.74) is 2.02. The summed E-state index contributed by atoms with van der Waals surface area (Å²) in [6.45, 7) is 1.74. The number of hydrogen-bond donors (Lipinski definition) is 1. The fourth-order valence-electron chi connectivity index (χ4n) is 3.41. The van der Waals surface area contributed by atoms with Crippen molar-refractivity contribution < 1.29 is 14.6 Å². The third-order valence-electron chi connectivity index (χ3n) is 4.81. The maximum atomic E-state index is 13.3. The summed E-state index contributed by atoms with van der Waals surface area (Å²) in [5.74, 6) is -0.553. The van der Waals surface area contributed by atoms with Crippen LogP contribution in [0.3, 0.4) is 0 Å². The van der Waals surface area contributed by atoms with Gasteiger partial charge in [0.1, 0.15) is 5.75 Å². The zero-order valence-electron chi connectivity index (χ0n) is 16.1. The third-order valence-corrected chi connectivity index (χ3v) is 6.10. The number of phenols is 1. The van der Waals surface area contributed by atoms with Crippen LogP contribution >= 0.6 is 22.9 Å². The van der Waals surface area contributed by atoms with Crippen LogP contribution in [0.2, 0.25) is 5.02 Å². The molecule has 6 nitrogen and oxygen atoms in total. The number of hydrogen-bond acceptors (Lipinski definition) is 6. The number of aromatic nitrogens is 1. The van der Waals surface area contributed by atoms with Gasteiger partial charge in [-0.2, -0.15) is 0 Å². The van der Waals surface area contributed by atoms with Crippen molar-refractivity contribution in [2.75, 3.05) is 7.11 Å².